The lowest BCUT2D eigenvalue weighted by Crippen LogP contribution is -2.36. The first kappa shape index (κ1) is 30.8. The van der Waals surface area contributed by atoms with E-state index in [9.17, 15) is 9.59 Å². The van der Waals surface area contributed by atoms with Crippen molar-refractivity contribution in [1.29, 1.82) is 0 Å². The Bertz CT molecular complexity index is 1370. The first-order valence-electron chi connectivity index (χ1n) is 14.7. The Kier molecular flexibility index (Phi) is 11.1. The van der Waals surface area contributed by atoms with Crippen molar-refractivity contribution in [2.24, 2.45) is 0 Å². The third kappa shape index (κ3) is 8.01. The number of methoxy groups -OCH3 is 1. The number of carbonyl (C=O) groups excluding carboxylic acids is 2. The molecule has 1 fully saturated rings. The first-order chi connectivity index (χ1) is 19.8. The van der Waals surface area contributed by atoms with E-state index < -0.39 is 0 Å². The zero-order chi connectivity index (χ0) is 29.4. The molecule has 0 aromatic heterocycles. The fraction of sp³-hybridized carbons (Fsp3) is 0.455. The Morgan fingerprint density at radius 2 is 1.78 bits per heavy atom. The number of amides is 2. The lowest BCUT2D eigenvalue weighted by atomic mass is 9.93. The summed E-state index contributed by atoms with van der Waals surface area (Å²) in [5.74, 6) is 0.650. The van der Waals surface area contributed by atoms with Crippen molar-refractivity contribution < 1.29 is 14.3 Å². The predicted octanol–water partition coefficient (Wildman–Crippen LogP) is 6.13. The molecular formula is C33H43BrN4O3. The number of rotatable bonds is 12. The average Bonchev–Trinajstić information content (AvgIpc) is 2.99. The molecule has 0 bridgehead atoms. The smallest absolute Gasteiger partial charge is 0.251 e. The van der Waals surface area contributed by atoms with Crippen LogP contribution < -0.4 is 21.1 Å². The molecule has 0 aliphatic heterocycles. The molecule has 41 heavy (non-hydrogen) atoms. The normalized spacial score (nSPS) is 13.9. The van der Waals surface area contributed by atoms with Crippen LogP contribution in [0.25, 0.3) is 10.8 Å². The van der Waals surface area contributed by atoms with Gasteiger partial charge in [0.25, 0.3) is 5.91 Å². The number of hydrogen-bond donors (Lipinski definition) is 3. The highest BCUT2D eigenvalue weighted by Gasteiger charge is 2.22. The van der Waals surface area contributed by atoms with Gasteiger partial charge in [0.15, 0.2) is 0 Å². The highest BCUT2D eigenvalue weighted by Crippen LogP contribution is 2.30. The molecule has 1 aliphatic rings. The van der Waals surface area contributed by atoms with Crippen molar-refractivity contribution in [3.8, 4) is 5.75 Å². The Morgan fingerprint density at radius 1 is 1.02 bits per heavy atom. The van der Waals surface area contributed by atoms with Crippen LogP contribution in [0.15, 0.2) is 46.9 Å². The summed E-state index contributed by atoms with van der Waals surface area (Å²) in [7, 11) is 1.66. The minimum absolute atomic E-state index is 0.0298. The molecule has 0 atom stereocenters. The van der Waals surface area contributed by atoms with Crippen molar-refractivity contribution in [2.45, 2.75) is 71.4 Å². The number of nitrogens with two attached hydrogens (primary N) is 1. The number of aryl methyl sites for hydroxylation is 1. The molecule has 4 rings (SSSR count). The van der Waals surface area contributed by atoms with Crippen molar-refractivity contribution in [3.63, 3.8) is 0 Å². The van der Waals surface area contributed by atoms with Crippen LogP contribution in [0, 0.1) is 6.92 Å². The molecule has 2 amide bonds. The van der Waals surface area contributed by atoms with E-state index in [4.69, 9.17) is 10.5 Å². The maximum absolute atomic E-state index is 13.0. The number of hydrogen-bond acceptors (Lipinski definition) is 5. The number of nitrogen functional groups attached to an aromatic ring is 1. The van der Waals surface area contributed by atoms with Crippen LogP contribution in [0.2, 0.25) is 0 Å². The number of nitrogens with zero attached hydrogens (tertiary/aromatic N) is 1. The topological polar surface area (TPSA) is 96.7 Å². The van der Waals surface area contributed by atoms with Gasteiger partial charge in [-0.1, -0.05) is 44.4 Å². The third-order valence-electron chi connectivity index (χ3n) is 8.27. The Hall–Kier alpha value is -3.10. The minimum atomic E-state index is -0.137. The Balaban J connectivity index is 1.25. The van der Waals surface area contributed by atoms with Crippen LogP contribution in [-0.4, -0.2) is 49.5 Å². The van der Waals surface area contributed by atoms with Gasteiger partial charge in [-0.15, -0.1) is 0 Å². The second kappa shape index (κ2) is 14.7. The van der Waals surface area contributed by atoms with Crippen molar-refractivity contribution >= 4 is 44.2 Å². The summed E-state index contributed by atoms with van der Waals surface area (Å²) in [5, 5.41) is 8.18. The van der Waals surface area contributed by atoms with E-state index in [1.54, 1.807) is 13.2 Å². The van der Waals surface area contributed by atoms with Crippen LogP contribution in [0.5, 0.6) is 5.75 Å². The van der Waals surface area contributed by atoms with Crippen molar-refractivity contribution in [2.75, 3.05) is 32.5 Å². The van der Waals surface area contributed by atoms with Gasteiger partial charge >= 0.3 is 0 Å². The number of nitrogens with one attached hydrogen (secondary N) is 2. The molecule has 4 N–H and O–H groups in total. The molecule has 8 heteroatoms. The summed E-state index contributed by atoms with van der Waals surface area (Å²) >= 11 is 3.56. The maximum Gasteiger partial charge on any atom is 0.251 e. The third-order valence-corrected chi connectivity index (χ3v) is 8.92. The molecule has 220 valence electrons. The summed E-state index contributed by atoms with van der Waals surface area (Å²) in [6, 6.07) is 14.3. The van der Waals surface area contributed by atoms with Gasteiger partial charge in [-0.25, -0.2) is 0 Å². The molecule has 7 nitrogen and oxygen atoms in total. The molecule has 0 unspecified atom stereocenters. The van der Waals surface area contributed by atoms with Crippen molar-refractivity contribution in [1.82, 2.24) is 15.5 Å². The van der Waals surface area contributed by atoms with Gasteiger partial charge in [0.1, 0.15) is 5.75 Å². The van der Waals surface area contributed by atoms with E-state index in [1.807, 2.05) is 43.3 Å². The fourth-order valence-electron chi connectivity index (χ4n) is 5.78. The van der Waals surface area contributed by atoms with Gasteiger partial charge in [0.2, 0.25) is 5.91 Å². The summed E-state index contributed by atoms with van der Waals surface area (Å²) in [6.45, 7) is 6.89. The van der Waals surface area contributed by atoms with Gasteiger partial charge < -0.3 is 21.1 Å². The Morgan fingerprint density at radius 3 is 2.51 bits per heavy atom. The van der Waals surface area contributed by atoms with Gasteiger partial charge in [-0.2, -0.15) is 0 Å². The summed E-state index contributed by atoms with van der Waals surface area (Å²) in [6.07, 6.45) is 7.29. The summed E-state index contributed by atoms with van der Waals surface area (Å²) in [4.78, 5) is 28.1. The summed E-state index contributed by atoms with van der Waals surface area (Å²) in [5.41, 5.74) is 10.8. The van der Waals surface area contributed by atoms with E-state index in [0.29, 0.717) is 43.2 Å². The maximum atomic E-state index is 13.0. The van der Waals surface area contributed by atoms with Gasteiger partial charge in [-0.3, -0.25) is 14.5 Å². The van der Waals surface area contributed by atoms with Crippen LogP contribution in [0.3, 0.4) is 0 Å². The van der Waals surface area contributed by atoms with Crippen LogP contribution in [-0.2, 0) is 17.8 Å². The average molecular weight is 624 g/mol. The molecule has 0 spiro atoms. The highest BCUT2D eigenvalue weighted by atomic mass is 79.9. The standard InChI is InChI=1S/C33H43BrN4O3/c1-4-38(27-9-6-5-7-10-27)21-26-17-25(19-30(34)32(26)35)33(40)37-16-8-15-36-31(39)20-23-11-12-24-18-28(41-3)13-14-29(24)22(23)2/h11-14,17-19,27H,4-10,15-16,20-21,35H2,1-3H3,(H,36,39)(H,37,40). The number of halogens is 1. The molecule has 1 aliphatic carbocycles. The van der Waals surface area contributed by atoms with E-state index in [0.717, 1.165) is 50.8 Å². The second-order valence-corrected chi connectivity index (χ2v) is 11.8. The first-order valence-corrected chi connectivity index (χ1v) is 15.5. The van der Waals surface area contributed by atoms with Crippen LogP contribution in [0.1, 0.15) is 72.5 Å². The van der Waals surface area contributed by atoms with E-state index >= 15 is 0 Å². The molecule has 3 aromatic carbocycles. The highest BCUT2D eigenvalue weighted by molar-refractivity contribution is 9.10. The van der Waals surface area contributed by atoms with Crippen molar-refractivity contribution in [3.05, 3.63) is 69.2 Å². The second-order valence-electron chi connectivity index (χ2n) is 11.0. The lowest BCUT2D eigenvalue weighted by molar-refractivity contribution is -0.120. The van der Waals surface area contributed by atoms with Crippen LogP contribution in [0.4, 0.5) is 5.69 Å². The van der Waals surface area contributed by atoms with E-state index in [1.165, 1.54) is 32.1 Å². The summed E-state index contributed by atoms with van der Waals surface area (Å²) < 4.78 is 6.06. The largest absolute Gasteiger partial charge is 0.497 e. The zero-order valence-electron chi connectivity index (χ0n) is 24.5. The van der Waals surface area contributed by atoms with E-state index in [-0.39, 0.29) is 11.8 Å². The fourth-order valence-corrected chi connectivity index (χ4v) is 6.28. The van der Waals surface area contributed by atoms with E-state index in [2.05, 4.69) is 38.4 Å². The Labute approximate surface area is 252 Å². The quantitative estimate of drug-likeness (QED) is 0.167. The molecule has 1 saturated carbocycles. The van der Waals surface area contributed by atoms with Gasteiger partial charge in [0, 0.05) is 35.7 Å². The predicted molar refractivity (Wildman–Crippen MR) is 170 cm³/mol. The number of anilines is 1. The zero-order valence-corrected chi connectivity index (χ0v) is 26.1. The molecule has 0 heterocycles. The number of benzene rings is 3. The SMILES string of the molecule is CCN(Cc1cc(C(=O)NCCCNC(=O)Cc2ccc3cc(OC)ccc3c2C)cc(Br)c1N)C1CCCCC1. The van der Waals surface area contributed by atoms with Gasteiger partial charge in [0.05, 0.1) is 19.2 Å². The minimum Gasteiger partial charge on any atom is -0.497 e. The van der Waals surface area contributed by atoms with Gasteiger partial charge in [-0.05, 0) is 100 Å². The molecule has 0 radical (unpaired) electrons. The molecule has 0 saturated heterocycles. The van der Waals surface area contributed by atoms with Crippen LogP contribution >= 0.6 is 15.9 Å². The molecular weight excluding hydrogens is 580 g/mol. The number of ether oxygens (including phenoxy) is 1. The molecule has 3 aromatic rings. The number of carbonyl (C=O) groups is 2. The monoisotopic (exact) mass is 622 g/mol. The lowest BCUT2D eigenvalue weighted by Gasteiger charge is -2.34. The number of fused-ring (bicyclic) bond motifs is 1.